The van der Waals surface area contributed by atoms with Crippen LogP contribution in [0.5, 0.6) is 0 Å². The van der Waals surface area contributed by atoms with Gasteiger partial charge in [0.05, 0.1) is 20.0 Å². The van der Waals surface area contributed by atoms with Crippen LogP contribution in [0.15, 0.2) is 0 Å². The maximum absolute atomic E-state index is 5.42. The SMILES string of the molecule is CC(SNCN)C(CSNCN)SNCN. The van der Waals surface area contributed by atoms with Crippen molar-refractivity contribution in [2.24, 2.45) is 17.2 Å². The zero-order valence-electron chi connectivity index (χ0n) is 9.44. The molecule has 0 aromatic carbocycles. The first kappa shape index (κ1) is 16.8. The molecule has 0 saturated carbocycles. The molecule has 0 fully saturated rings. The fourth-order valence-corrected chi connectivity index (χ4v) is 3.61. The lowest BCUT2D eigenvalue weighted by atomic mass is 10.4. The van der Waals surface area contributed by atoms with Crippen molar-refractivity contribution in [3.8, 4) is 0 Å². The van der Waals surface area contributed by atoms with E-state index < -0.39 is 0 Å². The third kappa shape index (κ3) is 8.90. The van der Waals surface area contributed by atoms with Crippen LogP contribution in [0.25, 0.3) is 0 Å². The standard InChI is InChI=1S/C7H22N6S3/c1-6(15-12-4-9)7(16-13-5-10)2-14-11-3-8/h6-7,11-13H,2-5,8-10H2,1H3. The van der Waals surface area contributed by atoms with Gasteiger partial charge >= 0.3 is 0 Å². The molecule has 0 aliphatic carbocycles. The van der Waals surface area contributed by atoms with E-state index in [-0.39, 0.29) is 0 Å². The molecule has 0 saturated heterocycles. The lowest BCUT2D eigenvalue weighted by Crippen LogP contribution is -2.31. The second-order valence-corrected chi connectivity index (χ2v) is 6.14. The normalized spacial score (nSPS) is 15.0. The molecule has 0 radical (unpaired) electrons. The molecule has 0 amide bonds. The second kappa shape index (κ2) is 12.3. The third-order valence-electron chi connectivity index (χ3n) is 1.63. The predicted octanol–water partition coefficient (Wildman–Crippen LogP) is -0.794. The van der Waals surface area contributed by atoms with Gasteiger partial charge in [-0.25, -0.2) is 0 Å². The Morgan fingerprint density at radius 3 is 2.06 bits per heavy atom. The van der Waals surface area contributed by atoms with Crippen molar-refractivity contribution in [2.75, 3.05) is 25.8 Å². The van der Waals surface area contributed by atoms with Crippen LogP contribution in [-0.4, -0.2) is 36.3 Å². The van der Waals surface area contributed by atoms with Crippen LogP contribution in [0.3, 0.4) is 0 Å². The van der Waals surface area contributed by atoms with Crippen LogP contribution in [0.4, 0.5) is 0 Å². The highest BCUT2D eigenvalue weighted by Crippen LogP contribution is 2.23. The van der Waals surface area contributed by atoms with E-state index in [1.165, 1.54) is 0 Å². The van der Waals surface area contributed by atoms with Crippen molar-refractivity contribution < 1.29 is 0 Å². The maximum atomic E-state index is 5.42. The topological polar surface area (TPSA) is 114 Å². The third-order valence-corrected chi connectivity index (χ3v) is 5.15. The summed E-state index contributed by atoms with van der Waals surface area (Å²) < 4.78 is 9.18. The molecule has 2 unspecified atom stereocenters. The van der Waals surface area contributed by atoms with Crippen LogP contribution in [0.2, 0.25) is 0 Å². The van der Waals surface area contributed by atoms with Gasteiger partial charge in [-0.05, 0) is 0 Å². The van der Waals surface area contributed by atoms with Gasteiger partial charge in [0.2, 0.25) is 0 Å². The average Bonchev–Trinajstić information content (AvgIpc) is 2.30. The first-order chi connectivity index (χ1) is 7.76. The highest BCUT2D eigenvalue weighted by atomic mass is 32.2. The monoisotopic (exact) mass is 286 g/mol. The average molecular weight is 286 g/mol. The van der Waals surface area contributed by atoms with E-state index in [9.17, 15) is 0 Å². The number of hydrogen-bond donors (Lipinski definition) is 6. The Morgan fingerprint density at radius 1 is 0.938 bits per heavy atom. The Kier molecular flexibility index (Phi) is 12.9. The Balaban J connectivity index is 3.86. The van der Waals surface area contributed by atoms with Gasteiger partial charge in [0.15, 0.2) is 0 Å². The summed E-state index contributed by atoms with van der Waals surface area (Å²) in [5, 5.41) is 0.858. The number of hydrogen-bond acceptors (Lipinski definition) is 9. The largest absolute Gasteiger partial charge is 0.318 e. The van der Waals surface area contributed by atoms with Gasteiger partial charge in [-0.3, -0.25) is 14.2 Å². The summed E-state index contributed by atoms with van der Waals surface area (Å²) in [5.74, 6) is 0.954. The zero-order chi connectivity index (χ0) is 12.2. The van der Waals surface area contributed by atoms with Crippen molar-refractivity contribution >= 4 is 35.8 Å². The molecular formula is C7H22N6S3. The number of nitrogens with one attached hydrogen (secondary N) is 3. The van der Waals surface area contributed by atoms with Crippen molar-refractivity contribution in [3.63, 3.8) is 0 Å². The fraction of sp³-hybridized carbons (Fsp3) is 1.00. The van der Waals surface area contributed by atoms with Gasteiger partial charge in [0.25, 0.3) is 0 Å². The van der Waals surface area contributed by atoms with Gasteiger partial charge < -0.3 is 17.2 Å². The summed E-state index contributed by atoms with van der Waals surface area (Å²) in [4.78, 5) is 0. The molecule has 0 bridgehead atoms. The van der Waals surface area contributed by atoms with Crippen molar-refractivity contribution in [2.45, 2.75) is 17.4 Å². The maximum Gasteiger partial charge on any atom is 0.0527 e. The fourth-order valence-electron chi connectivity index (χ4n) is 0.876. The Labute approximate surface area is 110 Å². The molecule has 98 valence electrons. The van der Waals surface area contributed by atoms with Gasteiger partial charge in [-0.1, -0.05) is 42.8 Å². The van der Waals surface area contributed by atoms with Crippen LogP contribution in [0.1, 0.15) is 6.92 Å². The first-order valence-electron chi connectivity index (χ1n) is 4.98. The molecule has 0 heterocycles. The molecule has 9 N–H and O–H groups in total. The number of rotatable bonds is 11. The van der Waals surface area contributed by atoms with E-state index in [2.05, 4.69) is 21.1 Å². The molecule has 0 spiro atoms. The Bertz CT molecular complexity index is 152. The summed E-state index contributed by atoms with van der Waals surface area (Å²) in [6, 6.07) is 0. The Morgan fingerprint density at radius 2 is 1.50 bits per heavy atom. The van der Waals surface area contributed by atoms with Gasteiger partial charge in [-0.15, -0.1) is 0 Å². The van der Waals surface area contributed by atoms with E-state index in [0.29, 0.717) is 30.5 Å². The van der Waals surface area contributed by atoms with Crippen molar-refractivity contribution in [1.29, 1.82) is 0 Å². The summed E-state index contributed by atoms with van der Waals surface area (Å²) >= 11 is 4.92. The second-order valence-electron chi connectivity index (χ2n) is 2.84. The van der Waals surface area contributed by atoms with E-state index in [0.717, 1.165) is 5.75 Å². The van der Waals surface area contributed by atoms with Gasteiger partial charge in [0, 0.05) is 16.3 Å². The van der Waals surface area contributed by atoms with Crippen molar-refractivity contribution in [1.82, 2.24) is 14.2 Å². The molecule has 6 nitrogen and oxygen atoms in total. The minimum atomic E-state index is 0.427. The van der Waals surface area contributed by atoms with Gasteiger partial charge in [-0.2, -0.15) is 0 Å². The molecule has 0 aliphatic heterocycles. The minimum Gasteiger partial charge on any atom is -0.318 e. The molecule has 0 aromatic heterocycles. The molecule has 0 aliphatic rings. The van der Waals surface area contributed by atoms with E-state index in [4.69, 9.17) is 17.2 Å². The zero-order valence-corrected chi connectivity index (χ0v) is 11.9. The molecule has 16 heavy (non-hydrogen) atoms. The van der Waals surface area contributed by atoms with E-state index >= 15 is 0 Å². The smallest absolute Gasteiger partial charge is 0.0527 e. The summed E-state index contributed by atoms with van der Waals surface area (Å²) in [7, 11) is 0. The summed E-state index contributed by atoms with van der Waals surface area (Å²) in [5.41, 5.74) is 16.2. The molecule has 2 atom stereocenters. The molecule has 0 rings (SSSR count). The highest BCUT2D eigenvalue weighted by molar-refractivity contribution is 8.03. The predicted molar refractivity (Wildman–Crippen MR) is 77.5 cm³/mol. The van der Waals surface area contributed by atoms with Crippen LogP contribution in [0, 0.1) is 0 Å². The van der Waals surface area contributed by atoms with E-state index in [1.54, 1.807) is 35.8 Å². The first-order valence-corrected chi connectivity index (χ1v) is 7.72. The van der Waals surface area contributed by atoms with Crippen molar-refractivity contribution in [3.05, 3.63) is 0 Å². The van der Waals surface area contributed by atoms with E-state index in [1.807, 2.05) is 0 Å². The number of nitrogens with two attached hydrogens (primary N) is 3. The lowest BCUT2D eigenvalue weighted by Gasteiger charge is -2.22. The quantitative estimate of drug-likeness (QED) is 0.165. The molecule has 9 heteroatoms. The lowest BCUT2D eigenvalue weighted by molar-refractivity contribution is 0.885. The molecule has 0 aromatic rings. The highest BCUT2D eigenvalue weighted by Gasteiger charge is 2.18. The Hall–Kier alpha value is 0.810. The summed E-state index contributed by atoms with van der Waals surface area (Å²) in [6.45, 7) is 3.59. The van der Waals surface area contributed by atoms with Crippen LogP contribution in [-0.2, 0) is 0 Å². The van der Waals surface area contributed by atoms with Gasteiger partial charge in [0.1, 0.15) is 0 Å². The van der Waals surface area contributed by atoms with Crippen LogP contribution >= 0.6 is 35.8 Å². The van der Waals surface area contributed by atoms with Crippen LogP contribution < -0.4 is 31.4 Å². The summed E-state index contributed by atoms with van der Waals surface area (Å²) in [6.07, 6.45) is 0. The minimum absolute atomic E-state index is 0.427. The molecular weight excluding hydrogens is 264 g/mol.